The Morgan fingerprint density at radius 3 is 2.22 bits per heavy atom. The minimum atomic E-state index is -0.983. The fourth-order valence-electron chi connectivity index (χ4n) is 5.16. The summed E-state index contributed by atoms with van der Waals surface area (Å²) >= 11 is 0. The third-order valence-electron chi connectivity index (χ3n) is 7.09. The number of aliphatic hydroxyl groups is 1. The minimum Gasteiger partial charge on any atom is -0.507 e. The summed E-state index contributed by atoms with van der Waals surface area (Å²) in [6.07, 6.45) is 0.330. The van der Waals surface area contributed by atoms with E-state index >= 15 is 0 Å². The summed E-state index contributed by atoms with van der Waals surface area (Å²) in [6, 6.07) is 6.22. The van der Waals surface area contributed by atoms with E-state index < -0.39 is 29.3 Å². The molecule has 0 aliphatic carbocycles. The lowest BCUT2D eigenvalue weighted by atomic mass is 9.94. The van der Waals surface area contributed by atoms with Gasteiger partial charge in [0.25, 0.3) is 11.7 Å². The number of halogens is 1. The van der Waals surface area contributed by atoms with Crippen molar-refractivity contribution in [3.8, 4) is 23.0 Å². The van der Waals surface area contributed by atoms with Crippen molar-refractivity contribution >= 4 is 17.4 Å². The number of Topliss-reactive ketones (excluding diaryl/α,β-unsaturated/α-hetero) is 1. The molecule has 0 aromatic heterocycles. The van der Waals surface area contributed by atoms with Gasteiger partial charge in [-0.3, -0.25) is 14.5 Å². The average molecular weight is 573 g/mol. The first-order valence-corrected chi connectivity index (χ1v) is 13.5. The third-order valence-corrected chi connectivity index (χ3v) is 7.09. The normalized spacial score (nSPS) is 19.1. The highest BCUT2D eigenvalue weighted by molar-refractivity contribution is 6.46. The highest BCUT2D eigenvalue weighted by atomic mass is 19.1. The van der Waals surface area contributed by atoms with Gasteiger partial charge in [0.2, 0.25) is 5.75 Å². The van der Waals surface area contributed by atoms with Crippen LogP contribution >= 0.6 is 0 Å². The van der Waals surface area contributed by atoms with Crippen molar-refractivity contribution in [3.63, 3.8) is 0 Å². The summed E-state index contributed by atoms with van der Waals surface area (Å²) in [4.78, 5) is 30.5. The number of methoxy groups -OCH3 is 3. The zero-order chi connectivity index (χ0) is 29.7. The van der Waals surface area contributed by atoms with E-state index in [2.05, 4.69) is 4.90 Å². The Morgan fingerprint density at radius 2 is 1.66 bits per heavy atom. The number of carbonyl (C=O) groups is 2. The van der Waals surface area contributed by atoms with Crippen LogP contribution in [0.4, 0.5) is 4.39 Å². The third kappa shape index (κ3) is 6.41. The fourth-order valence-corrected chi connectivity index (χ4v) is 5.16. The SMILES string of the molecule is COc1cc([C@H]2/C(=C(\O)c3ccc(OC(C)C)c(F)c3)C(=O)C(=O)N2CCCN2CCOCC2)cc(OC)c1OC. The summed E-state index contributed by atoms with van der Waals surface area (Å²) < 4.78 is 42.2. The summed E-state index contributed by atoms with van der Waals surface area (Å²) in [6.45, 7) is 7.36. The van der Waals surface area contributed by atoms with Gasteiger partial charge in [0.15, 0.2) is 23.1 Å². The largest absolute Gasteiger partial charge is 0.507 e. The fraction of sp³-hybridized carbons (Fsp3) is 0.467. The molecule has 1 amide bonds. The molecule has 2 aromatic rings. The van der Waals surface area contributed by atoms with Crippen molar-refractivity contribution in [1.29, 1.82) is 0 Å². The number of benzene rings is 2. The first-order chi connectivity index (χ1) is 19.7. The van der Waals surface area contributed by atoms with Crippen LogP contribution in [0.3, 0.4) is 0 Å². The second kappa shape index (κ2) is 13.2. The van der Waals surface area contributed by atoms with Crippen LogP contribution in [0.2, 0.25) is 0 Å². The summed E-state index contributed by atoms with van der Waals surface area (Å²) in [5, 5.41) is 11.4. The van der Waals surface area contributed by atoms with Gasteiger partial charge in [-0.2, -0.15) is 0 Å². The molecular weight excluding hydrogens is 535 g/mol. The van der Waals surface area contributed by atoms with Gasteiger partial charge in [-0.05, 0) is 56.2 Å². The first kappa shape index (κ1) is 30.1. The van der Waals surface area contributed by atoms with Gasteiger partial charge in [-0.1, -0.05) is 0 Å². The maximum absolute atomic E-state index is 14.9. The quantitative estimate of drug-likeness (QED) is 0.245. The highest BCUT2D eigenvalue weighted by Gasteiger charge is 2.46. The monoisotopic (exact) mass is 572 g/mol. The molecule has 0 bridgehead atoms. The smallest absolute Gasteiger partial charge is 0.295 e. The van der Waals surface area contributed by atoms with Crippen molar-refractivity contribution in [2.24, 2.45) is 0 Å². The van der Waals surface area contributed by atoms with E-state index in [9.17, 15) is 19.1 Å². The van der Waals surface area contributed by atoms with E-state index in [0.717, 1.165) is 19.2 Å². The van der Waals surface area contributed by atoms with Crippen LogP contribution in [0.25, 0.3) is 5.76 Å². The number of likely N-dealkylation sites (tertiary alicyclic amines) is 1. The molecule has 2 fully saturated rings. The Kier molecular flexibility index (Phi) is 9.72. The molecule has 2 saturated heterocycles. The molecule has 0 unspecified atom stereocenters. The lowest BCUT2D eigenvalue weighted by molar-refractivity contribution is -0.140. The Bertz CT molecular complexity index is 1280. The lowest BCUT2D eigenvalue weighted by Gasteiger charge is -2.29. The van der Waals surface area contributed by atoms with Gasteiger partial charge < -0.3 is 33.7 Å². The van der Waals surface area contributed by atoms with Crippen LogP contribution in [-0.2, 0) is 14.3 Å². The second-order valence-electron chi connectivity index (χ2n) is 10.1. The Labute approximate surface area is 239 Å². The minimum absolute atomic E-state index is 0.0151. The number of rotatable bonds is 11. The summed E-state index contributed by atoms with van der Waals surface area (Å²) in [5.41, 5.74) is 0.349. The van der Waals surface area contributed by atoms with Gasteiger partial charge >= 0.3 is 0 Å². The van der Waals surface area contributed by atoms with Gasteiger partial charge in [0.1, 0.15) is 5.76 Å². The van der Waals surface area contributed by atoms with E-state index in [-0.39, 0.29) is 29.5 Å². The summed E-state index contributed by atoms with van der Waals surface area (Å²) in [7, 11) is 4.40. The molecule has 10 nitrogen and oxygen atoms in total. The predicted octanol–water partition coefficient (Wildman–Crippen LogP) is 3.78. The number of aliphatic hydroxyl groups excluding tert-OH is 1. The Hall–Kier alpha value is -3.83. The molecule has 2 aliphatic rings. The number of hydrogen-bond acceptors (Lipinski definition) is 9. The van der Waals surface area contributed by atoms with E-state index in [1.807, 2.05) is 0 Å². The van der Waals surface area contributed by atoms with Gasteiger partial charge in [-0.15, -0.1) is 0 Å². The topological polar surface area (TPSA) is 107 Å². The molecule has 0 saturated carbocycles. The average Bonchev–Trinajstić information content (AvgIpc) is 3.22. The molecular formula is C30H37FN2O8. The maximum Gasteiger partial charge on any atom is 0.295 e. The molecule has 11 heteroatoms. The number of morpholine rings is 1. The van der Waals surface area contributed by atoms with E-state index in [0.29, 0.717) is 49.0 Å². The maximum atomic E-state index is 14.9. The zero-order valence-electron chi connectivity index (χ0n) is 24.1. The number of ether oxygens (including phenoxy) is 5. The molecule has 4 rings (SSSR count). The molecule has 1 atom stereocenters. The molecule has 2 aromatic carbocycles. The van der Waals surface area contributed by atoms with E-state index in [4.69, 9.17) is 23.7 Å². The van der Waals surface area contributed by atoms with Crippen molar-refractivity contribution in [3.05, 3.63) is 52.8 Å². The van der Waals surface area contributed by atoms with Crippen LogP contribution in [0.1, 0.15) is 37.4 Å². The number of carbonyl (C=O) groups excluding carboxylic acids is 2. The molecule has 0 radical (unpaired) electrons. The van der Waals surface area contributed by atoms with Gasteiger partial charge in [0.05, 0.1) is 52.3 Å². The van der Waals surface area contributed by atoms with Crippen LogP contribution in [0.5, 0.6) is 23.0 Å². The zero-order valence-corrected chi connectivity index (χ0v) is 24.1. The van der Waals surface area contributed by atoms with E-state index in [1.54, 1.807) is 26.0 Å². The first-order valence-electron chi connectivity index (χ1n) is 13.5. The summed E-state index contributed by atoms with van der Waals surface area (Å²) in [5.74, 6) is -1.82. The Balaban J connectivity index is 1.79. The molecule has 2 aliphatic heterocycles. The number of amides is 1. The number of hydrogen-bond donors (Lipinski definition) is 1. The molecule has 2 heterocycles. The van der Waals surface area contributed by atoms with Gasteiger partial charge in [0, 0.05) is 31.7 Å². The van der Waals surface area contributed by atoms with E-state index in [1.165, 1.54) is 38.4 Å². The van der Waals surface area contributed by atoms with Crippen molar-refractivity contribution < 1.29 is 42.8 Å². The molecule has 222 valence electrons. The highest BCUT2D eigenvalue weighted by Crippen LogP contribution is 2.46. The Morgan fingerprint density at radius 1 is 1.00 bits per heavy atom. The predicted molar refractivity (Wildman–Crippen MR) is 149 cm³/mol. The lowest BCUT2D eigenvalue weighted by Crippen LogP contribution is -2.39. The van der Waals surface area contributed by atoms with Crippen LogP contribution in [0.15, 0.2) is 35.9 Å². The standard InChI is InChI=1S/C30H37FN2O8/c1-18(2)41-22-8-7-19(15-21(22)31)27(34)25-26(20-16-23(37-3)29(39-5)24(17-20)38-4)33(30(36)28(25)35)10-6-9-32-11-13-40-14-12-32/h7-8,15-18,26,34H,6,9-14H2,1-5H3/b27-25+/t26-/m0/s1. The van der Waals surface area contributed by atoms with Gasteiger partial charge in [-0.25, -0.2) is 4.39 Å². The molecule has 0 spiro atoms. The second-order valence-corrected chi connectivity index (χ2v) is 10.1. The molecule has 1 N–H and O–H groups in total. The van der Waals surface area contributed by atoms with Crippen molar-refractivity contribution in [1.82, 2.24) is 9.80 Å². The van der Waals surface area contributed by atoms with Crippen molar-refractivity contribution in [2.45, 2.75) is 32.4 Å². The number of nitrogens with zero attached hydrogens (tertiary/aromatic N) is 2. The van der Waals surface area contributed by atoms with Crippen LogP contribution in [-0.4, -0.2) is 93.4 Å². The van der Waals surface area contributed by atoms with Crippen LogP contribution in [0, 0.1) is 5.82 Å². The number of ketones is 1. The molecule has 41 heavy (non-hydrogen) atoms. The van der Waals surface area contributed by atoms with Crippen LogP contribution < -0.4 is 18.9 Å². The van der Waals surface area contributed by atoms with Crippen molar-refractivity contribution in [2.75, 3.05) is 60.7 Å².